The Morgan fingerprint density at radius 3 is 2.59 bits per heavy atom. The molecule has 0 saturated carbocycles. The van der Waals surface area contributed by atoms with Crippen LogP contribution in [-0.4, -0.2) is 63.0 Å². The first-order chi connectivity index (χ1) is 15.5. The molecule has 2 fully saturated rings. The van der Waals surface area contributed by atoms with Crippen LogP contribution in [0.25, 0.3) is 0 Å². The van der Waals surface area contributed by atoms with E-state index in [1.807, 2.05) is 0 Å². The van der Waals surface area contributed by atoms with Gasteiger partial charge in [0.2, 0.25) is 5.91 Å². The standard InChI is InChI=1S/C22H29Cl2N7O/c1-14-12-16(32)27-20-17(14)22(26-13-25-20)30-8-4-15(5-9-30)21-28-18(23)19(24)31(21)11-10-29-6-2-3-7-29/h13-15H,2-12H2,1H3,(H,25,26,27,32)/t14-/m1/s1. The molecule has 1 atom stereocenters. The van der Waals surface area contributed by atoms with Gasteiger partial charge in [0.25, 0.3) is 0 Å². The van der Waals surface area contributed by atoms with Gasteiger partial charge in [-0.25, -0.2) is 15.0 Å². The Balaban J connectivity index is 1.30. The van der Waals surface area contributed by atoms with Crippen LogP contribution in [0.1, 0.15) is 62.3 Å². The van der Waals surface area contributed by atoms with Gasteiger partial charge in [-0.15, -0.1) is 0 Å². The number of likely N-dealkylation sites (tertiary alicyclic amines) is 1. The van der Waals surface area contributed by atoms with E-state index in [-0.39, 0.29) is 11.8 Å². The Hall–Kier alpha value is -1.90. The predicted molar refractivity (Wildman–Crippen MR) is 126 cm³/mol. The van der Waals surface area contributed by atoms with E-state index in [9.17, 15) is 4.79 Å². The van der Waals surface area contributed by atoms with Crippen molar-refractivity contribution in [3.05, 3.63) is 28.0 Å². The number of piperidine rings is 1. The molecule has 0 bridgehead atoms. The number of carbonyl (C=O) groups excluding carboxylic acids is 1. The molecule has 172 valence electrons. The Morgan fingerprint density at radius 2 is 1.84 bits per heavy atom. The summed E-state index contributed by atoms with van der Waals surface area (Å²) in [5, 5.41) is 3.85. The summed E-state index contributed by atoms with van der Waals surface area (Å²) in [6, 6.07) is 0. The number of nitrogens with one attached hydrogen (secondary N) is 1. The van der Waals surface area contributed by atoms with Crippen molar-refractivity contribution in [1.29, 1.82) is 0 Å². The molecule has 0 unspecified atom stereocenters. The summed E-state index contributed by atoms with van der Waals surface area (Å²) in [5.74, 6) is 3.03. The fourth-order valence-corrected chi connectivity index (χ4v) is 5.70. The first kappa shape index (κ1) is 21.9. The molecule has 0 spiro atoms. The lowest BCUT2D eigenvalue weighted by atomic mass is 9.92. The number of amides is 1. The van der Waals surface area contributed by atoms with Crippen molar-refractivity contribution in [2.45, 2.75) is 57.4 Å². The van der Waals surface area contributed by atoms with Gasteiger partial charge in [-0.05, 0) is 44.7 Å². The summed E-state index contributed by atoms with van der Waals surface area (Å²) in [5.41, 5.74) is 1.05. The molecule has 0 radical (unpaired) electrons. The van der Waals surface area contributed by atoms with E-state index >= 15 is 0 Å². The lowest BCUT2D eigenvalue weighted by Gasteiger charge is -2.35. The molecule has 5 heterocycles. The van der Waals surface area contributed by atoms with E-state index in [1.165, 1.54) is 12.8 Å². The topological polar surface area (TPSA) is 79.2 Å². The average Bonchev–Trinajstić information content (AvgIpc) is 3.40. The summed E-state index contributed by atoms with van der Waals surface area (Å²) in [7, 11) is 0. The van der Waals surface area contributed by atoms with Crippen LogP contribution in [0, 0.1) is 0 Å². The van der Waals surface area contributed by atoms with Gasteiger partial charge in [-0.1, -0.05) is 30.1 Å². The van der Waals surface area contributed by atoms with Crippen molar-refractivity contribution < 1.29 is 4.79 Å². The Labute approximate surface area is 198 Å². The van der Waals surface area contributed by atoms with E-state index < -0.39 is 0 Å². The number of anilines is 2. The molecule has 3 aliphatic rings. The maximum absolute atomic E-state index is 11.9. The molecule has 3 aliphatic heterocycles. The molecule has 2 saturated heterocycles. The molecular formula is C22H29Cl2N7O. The zero-order valence-electron chi connectivity index (χ0n) is 18.4. The maximum Gasteiger partial charge on any atom is 0.226 e. The first-order valence-electron chi connectivity index (χ1n) is 11.5. The van der Waals surface area contributed by atoms with Crippen molar-refractivity contribution >= 4 is 40.7 Å². The number of nitrogens with zero attached hydrogens (tertiary/aromatic N) is 6. The lowest BCUT2D eigenvalue weighted by Crippen LogP contribution is -2.36. The summed E-state index contributed by atoms with van der Waals surface area (Å²) in [6.45, 7) is 7.93. The van der Waals surface area contributed by atoms with Crippen LogP contribution >= 0.6 is 23.2 Å². The number of rotatable bonds is 5. The zero-order valence-corrected chi connectivity index (χ0v) is 19.9. The van der Waals surface area contributed by atoms with Gasteiger partial charge in [0, 0.05) is 44.1 Å². The van der Waals surface area contributed by atoms with Crippen molar-refractivity contribution in [1.82, 2.24) is 24.4 Å². The average molecular weight is 478 g/mol. The normalized spacial score (nSPS) is 22.3. The number of imidazole rings is 1. The van der Waals surface area contributed by atoms with Crippen LogP contribution in [0.4, 0.5) is 11.6 Å². The second-order valence-electron chi connectivity index (χ2n) is 9.13. The minimum Gasteiger partial charge on any atom is -0.356 e. The molecule has 1 N–H and O–H groups in total. The van der Waals surface area contributed by atoms with Gasteiger partial charge in [0.05, 0.1) is 0 Å². The number of fused-ring (bicyclic) bond motifs is 1. The highest BCUT2D eigenvalue weighted by molar-refractivity contribution is 6.40. The Kier molecular flexibility index (Phi) is 6.27. The number of halogens is 2. The third-order valence-electron chi connectivity index (χ3n) is 7.00. The van der Waals surface area contributed by atoms with Crippen molar-refractivity contribution in [3.8, 4) is 0 Å². The fourth-order valence-electron chi connectivity index (χ4n) is 5.30. The third kappa shape index (κ3) is 4.20. The largest absolute Gasteiger partial charge is 0.356 e. The van der Waals surface area contributed by atoms with Crippen LogP contribution in [-0.2, 0) is 11.3 Å². The van der Waals surface area contributed by atoms with Gasteiger partial charge >= 0.3 is 0 Å². The number of hydrogen-bond donors (Lipinski definition) is 1. The van der Waals surface area contributed by atoms with Crippen LogP contribution in [0.2, 0.25) is 10.3 Å². The SMILES string of the molecule is C[C@@H]1CC(=O)Nc2ncnc(N3CCC(c4nc(Cl)c(Cl)n4CCN4CCCC4)CC3)c21. The van der Waals surface area contributed by atoms with Crippen LogP contribution in [0.5, 0.6) is 0 Å². The van der Waals surface area contributed by atoms with Crippen LogP contribution in [0.3, 0.4) is 0 Å². The summed E-state index contributed by atoms with van der Waals surface area (Å²) < 4.78 is 2.12. The van der Waals surface area contributed by atoms with Gasteiger partial charge in [-0.2, -0.15) is 0 Å². The maximum atomic E-state index is 11.9. The molecule has 5 rings (SSSR count). The van der Waals surface area contributed by atoms with E-state index in [0.29, 0.717) is 28.5 Å². The van der Waals surface area contributed by atoms with Gasteiger partial charge < -0.3 is 19.7 Å². The molecule has 8 nitrogen and oxygen atoms in total. The monoisotopic (exact) mass is 477 g/mol. The second kappa shape index (κ2) is 9.15. The van der Waals surface area contributed by atoms with E-state index in [0.717, 1.165) is 69.3 Å². The molecule has 1 amide bonds. The molecule has 2 aromatic rings. The molecule has 0 aromatic carbocycles. The Morgan fingerprint density at radius 1 is 1.09 bits per heavy atom. The summed E-state index contributed by atoms with van der Waals surface area (Å²) >= 11 is 12.9. The van der Waals surface area contributed by atoms with Gasteiger partial charge in [-0.3, -0.25) is 4.79 Å². The summed E-state index contributed by atoms with van der Waals surface area (Å²) in [6.07, 6.45) is 6.47. The predicted octanol–water partition coefficient (Wildman–Crippen LogP) is 3.91. The van der Waals surface area contributed by atoms with Crippen molar-refractivity contribution in [3.63, 3.8) is 0 Å². The quantitative estimate of drug-likeness (QED) is 0.702. The molecule has 0 aliphatic carbocycles. The minimum atomic E-state index is 0.0166. The molecule has 2 aromatic heterocycles. The molecule has 32 heavy (non-hydrogen) atoms. The first-order valence-corrected chi connectivity index (χ1v) is 12.3. The molecular weight excluding hydrogens is 449 g/mol. The number of carbonyl (C=O) groups is 1. The summed E-state index contributed by atoms with van der Waals surface area (Å²) in [4.78, 5) is 30.2. The van der Waals surface area contributed by atoms with Crippen molar-refractivity contribution in [2.24, 2.45) is 0 Å². The smallest absolute Gasteiger partial charge is 0.226 e. The fraction of sp³-hybridized carbons (Fsp3) is 0.636. The highest BCUT2D eigenvalue weighted by Gasteiger charge is 2.32. The van der Waals surface area contributed by atoms with Crippen LogP contribution in [0.15, 0.2) is 6.33 Å². The van der Waals surface area contributed by atoms with E-state index in [1.54, 1.807) is 6.33 Å². The van der Waals surface area contributed by atoms with E-state index in [4.69, 9.17) is 23.2 Å². The van der Waals surface area contributed by atoms with Gasteiger partial charge in [0.15, 0.2) is 5.15 Å². The van der Waals surface area contributed by atoms with Gasteiger partial charge in [0.1, 0.15) is 28.9 Å². The van der Waals surface area contributed by atoms with E-state index in [2.05, 4.69) is 41.6 Å². The Bertz CT molecular complexity index is 996. The van der Waals surface area contributed by atoms with Crippen molar-refractivity contribution in [2.75, 3.05) is 42.9 Å². The second-order valence-corrected chi connectivity index (χ2v) is 9.84. The highest BCUT2D eigenvalue weighted by atomic mass is 35.5. The molecule has 10 heteroatoms. The minimum absolute atomic E-state index is 0.0166. The third-order valence-corrected chi connectivity index (χ3v) is 7.74. The van der Waals surface area contributed by atoms with Crippen LogP contribution < -0.4 is 10.2 Å². The highest BCUT2D eigenvalue weighted by Crippen LogP contribution is 2.39. The lowest BCUT2D eigenvalue weighted by molar-refractivity contribution is -0.116. The zero-order chi connectivity index (χ0) is 22.2. The number of aromatic nitrogens is 4. The number of hydrogen-bond acceptors (Lipinski definition) is 6.